The van der Waals surface area contributed by atoms with Crippen LogP contribution in [0.4, 0.5) is 0 Å². The second-order valence-corrected chi connectivity index (χ2v) is 6.37. The maximum Gasteiger partial charge on any atom is 0.124 e. The quantitative estimate of drug-likeness (QED) is 0.773. The van der Waals surface area contributed by atoms with Gasteiger partial charge in [0.25, 0.3) is 0 Å². The fourth-order valence-corrected chi connectivity index (χ4v) is 1.54. The summed E-state index contributed by atoms with van der Waals surface area (Å²) < 4.78 is 11.7. The molecule has 18 heavy (non-hydrogen) atoms. The van der Waals surface area contributed by atoms with E-state index in [1.54, 1.807) is 6.08 Å². The molecular formula is C16H24O2. The van der Waals surface area contributed by atoms with E-state index in [9.17, 15) is 0 Å². The van der Waals surface area contributed by atoms with Gasteiger partial charge >= 0.3 is 0 Å². The summed E-state index contributed by atoms with van der Waals surface area (Å²) in [6, 6.07) is 5.85. The molecule has 0 aliphatic heterocycles. The Hall–Kier alpha value is -1.44. The largest absolute Gasteiger partial charge is 0.488 e. The third-order valence-corrected chi connectivity index (χ3v) is 1.99. The van der Waals surface area contributed by atoms with Crippen LogP contribution < -0.4 is 9.47 Å². The molecule has 0 saturated heterocycles. The standard InChI is InChI=1S/C16H24O2/c1-8-12-9-13(17-15(2,3)4)11-14(10-12)18-16(5,6)7/h8-11H,1H2,2-7H3. The van der Waals surface area contributed by atoms with Crippen molar-refractivity contribution in [3.8, 4) is 11.5 Å². The van der Waals surface area contributed by atoms with Crippen LogP contribution in [0.3, 0.4) is 0 Å². The maximum absolute atomic E-state index is 5.87. The Kier molecular flexibility index (Phi) is 4.10. The zero-order chi connectivity index (χ0) is 14.0. The van der Waals surface area contributed by atoms with Gasteiger partial charge < -0.3 is 9.47 Å². The van der Waals surface area contributed by atoms with Crippen molar-refractivity contribution in [2.24, 2.45) is 0 Å². The lowest BCUT2D eigenvalue weighted by Gasteiger charge is -2.24. The van der Waals surface area contributed by atoms with Crippen LogP contribution in [-0.2, 0) is 0 Å². The van der Waals surface area contributed by atoms with E-state index in [1.165, 1.54) is 0 Å². The Bertz CT molecular complexity index is 385. The van der Waals surface area contributed by atoms with E-state index in [1.807, 2.05) is 59.7 Å². The van der Waals surface area contributed by atoms with E-state index in [0.29, 0.717) is 0 Å². The normalized spacial score (nSPS) is 12.1. The molecule has 0 amide bonds. The van der Waals surface area contributed by atoms with Crippen LogP contribution in [0.15, 0.2) is 24.8 Å². The predicted octanol–water partition coefficient (Wildman–Crippen LogP) is 4.68. The number of hydrogen-bond donors (Lipinski definition) is 0. The lowest BCUT2D eigenvalue weighted by molar-refractivity contribution is 0.121. The van der Waals surface area contributed by atoms with Gasteiger partial charge in [-0.05, 0) is 59.2 Å². The molecule has 0 aliphatic rings. The molecule has 0 heterocycles. The van der Waals surface area contributed by atoms with Gasteiger partial charge in [-0.15, -0.1) is 0 Å². The van der Waals surface area contributed by atoms with Gasteiger partial charge in [-0.2, -0.15) is 0 Å². The molecule has 1 rings (SSSR count). The van der Waals surface area contributed by atoms with Crippen molar-refractivity contribution in [3.63, 3.8) is 0 Å². The number of rotatable bonds is 3. The summed E-state index contributed by atoms with van der Waals surface area (Å²) in [5.74, 6) is 1.61. The van der Waals surface area contributed by atoms with Crippen LogP contribution >= 0.6 is 0 Å². The summed E-state index contributed by atoms with van der Waals surface area (Å²) in [6.45, 7) is 15.9. The van der Waals surface area contributed by atoms with E-state index in [4.69, 9.17) is 9.47 Å². The third kappa shape index (κ3) is 5.26. The van der Waals surface area contributed by atoms with Gasteiger partial charge in [0.05, 0.1) is 0 Å². The number of hydrogen-bond acceptors (Lipinski definition) is 2. The molecule has 0 aliphatic carbocycles. The first kappa shape index (κ1) is 14.6. The second-order valence-electron chi connectivity index (χ2n) is 6.37. The van der Waals surface area contributed by atoms with Crippen molar-refractivity contribution in [1.82, 2.24) is 0 Å². The highest BCUT2D eigenvalue weighted by atomic mass is 16.5. The summed E-state index contributed by atoms with van der Waals surface area (Å²) in [6.07, 6.45) is 1.80. The molecular weight excluding hydrogens is 224 g/mol. The Morgan fingerprint density at radius 2 is 1.22 bits per heavy atom. The van der Waals surface area contributed by atoms with Gasteiger partial charge in [0.2, 0.25) is 0 Å². The molecule has 0 fully saturated rings. The molecule has 100 valence electrons. The van der Waals surface area contributed by atoms with Crippen molar-refractivity contribution >= 4 is 6.08 Å². The van der Waals surface area contributed by atoms with E-state index in [0.717, 1.165) is 17.1 Å². The van der Waals surface area contributed by atoms with Crippen LogP contribution in [0.5, 0.6) is 11.5 Å². The third-order valence-electron chi connectivity index (χ3n) is 1.99. The smallest absolute Gasteiger partial charge is 0.124 e. The molecule has 0 bridgehead atoms. The average Bonchev–Trinajstić information content (AvgIpc) is 2.11. The van der Waals surface area contributed by atoms with Crippen molar-refractivity contribution in [2.45, 2.75) is 52.7 Å². The monoisotopic (exact) mass is 248 g/mol. The SMILES string of the molecule is C=Cc1cc(OC(C)(C)C)cc(OC(C)(C)C)c1. The minimum atomic E-state index is -0.223. The van der Waals surface area contributed by atoms with Crippen LogP contribution in [0.2, 0.25) is 0 Å². The van der Waals surface area contributed by atoms with Crippen molar-refractivity contribution in [2.75, 3.05) is 0 Å². The predicted molar refractivity (Wildman–Crippen MR) is 77.3 cm³/mol. The first-order chi connectivity index (χ1) is 8.09. The molecule has 0 atom stereocenters. The molecule has 0 unspecified atom stereocenters. The highest BCUT2D eigenvalue weighted by Crippen LogP contribution is 2.28. The summed E-state index contributed by atoms with van der Waals surface area (Å²) in [5.41, 5.74) is 0.549. The molecule has 0 spiro atoms. The van der Waals surface area contributed by atoms with Crippen molar-refractivity contribution in [1.29, 1.82) is 0 Å². The van der Waals surface area contributed by atoms with Crippen LogP contribution in [0.25, 0.3) is 6.08 Å². The fourth-order valence-electron chi connectivity index (χ4n) is 1.54. The highest BCUT2D eigenvalue weighted by molar-refractivity contribution is 5.53. The van der Waals surface area contributed by atoms with E-state index >= 15 is 0 Å². The molecule has 0 aromatic heterocycles. The van der Waals surface area contributed by atoms with Crippen molar-refractivity contribution in [3.05, 3.63) is 30.3 Å². The van der Waals surface area contributed by atoms with E-state index in [-0.39, 0.29) is 11.2 Å². The summed E-state index contributed by atoms with van der Waals surface area (Å²) in [5, 5.41) is 0. The Labute approximate surface area is 111 Å². The molecule has 0 saturated carbocycles. The zero-order valence-corrected chi connectivity index (χ0v) is 12.3. The Balaban J connectivity index is 3.05. The van der Waals surface area contributed by atoms with Gasteiger partial charge in [0, 0.05) is 6.07 Å². The summed E-state index contributed by atoms with van der Waals surface area (Å²) >= 11 is 0. The van der Waals surface area contributed by atoms with Gasteiger partial charge in [-0.3, -0.25) is 0 Å². The van der Waals surface area contributed by atoms with Crippen LogP contribution in [0, 0.1) is 0 Å². The fraction of sp³-hybridized carbons (Fsp3) is 0.500. The Morgan fingerprint density at radius 3 is 1.50 bits per heavy atom. The number of ether oxygens (including phenoxy) is 2. The number of benzene rings is 1. The van der Waals surface area contributed by atoms with Gasteiger partial charge in [0.1, 0.15) is 22.7 Å². The molecule has 0 radical (unpaired) electrons. The minimum absolute atomic E-state index is 0.223. The molecule has 1 aromatic carbocycles. The highest BCUT2D eigenvalue weighted by Gasteiger charge is 2.16. The van der Waals surface area contributed by atoms with Gasteiger partial charge in [-0.25, -0.2) is 0 Å². The molecule has 1 aromatic rings. The van der Waals surface area contributed by atoms with E-state index < -0.39 is 0 Å². The van der Waals surface area contributed by atoms with Crippen molar-refractivity contribution < 1.29 is 9.47 Å². The minimum Gasteiger partial charge on any atom is -0.488 e. The lowest BCUT2D eigenvalue weighted by Crippen LogP contribution is -2.24. The van der Waals surface area contributed by atoms with E-state index in [2.05, 4.69) is 6.58 Å². The first-order valence-corrected chi connectivity index (χ1v) is 6.25. The summed E-state index contributed by atoms with van der Waals surface area (Å²) in [4.78, 5) is 0. The van der Waals surface area contributed by atoms with Gasteiger partial charge in [-0.1, -0.05) is 12.7 Å². The lowest BCUT2D eigenvalue weighted by atomic mass is 10.1. The summed E-state index contributed by atoms with van der Waals surface area (Å²) in [7, 11) is 0. The van der Waals surface area contributed by atoms with Gasteiger partial charge in [0.15, 0.2) is 0 Å². The Morgan fingerprint density at radius 1 is 0.833 bits per heavy atom. The van der Waals surface area contributed by atoms with Crippen LogP contribution in [-0.4, -0.2) is 11.2 Å². The zero-order valence-electron chi connectivity index (χ0n) is 12.3. The molecule has 2 heteroatoms. The molecule has 2 nitrogen and oxygen atoms in total. The topological polar surface area (TPSA) is 18.5 Å². The molecule has 0 N–H and O–H groups in total. The van der Waals surface area contributed by atoms with Crippen LogP contribution in [0.1, 0.15) is 47.1 Å². The second kappa shape index (κ2) is 5.05. The maximum atomic E-state index is 5.87. The first-order valence-electron chi connectivity index (χ1n) is 6.25. The average molecular weight is 248 g/mol.